The summed E-state index contributed by atoms with van der Waals surface area (Å²) in [5, 5.41) is 11.7. The van der Waals surface area contributed by atoms with Gasteiger partial charge in [-0.2, -0.15) is 0 Å². The van der Waals surface area contributed by atoms with Crippen LogP contribution < -0.4 is 14.4 Å². The van der Waals surface area contributed by atoms with Crippen LogP contribution in [0.3, 0.4) is 0 Å². The molecule has 42 heavy (non-hydrogen) atoms. The minimum absolute atomic E-state index is 0.207. The van der Waals surface area contributed by atoms with Crippen LogP contribution in [0.4, 0.5) is 5.69 Å². The van der Waals surface area contributed by atoms with Gasteiger partial charge >= 0.3 is 0 Å². The van der Waals surface area contributed by atoms with Crippen molar-refractivity contribution in [2.75, 3.05) is 30.3 Å². The molecule has 0 bridgehead atoms. The lowest BCUT2D eigenvalue weighted by molar-refractivity contribution is -0.0695. The zero-order valence-electron chi connectivity index (χ0n) is 24.3. The molecule has 0 radical (unpaired) electrons. The molecule has 0 aromatic heterocycles. The van der Waals surface area contributed by atoms with Crippen molar-refractivity contribution in [2.45, 2.75) is 63.4 Å². The van der Waals surface area contributed by atoms with E-state index in [-0.39, 0.29) is 34.5 Å². The lowest BCUT2D eigenvalue weighted by Crippen LogP contribution is -2.53. The second kappa shape index (κ2) is 12.1. The molecule has 2 aromatic rings. The van der Waals surface area contributed by atoms with Gasteiger partial charge in [-0.05, 0) is 97.7 Å². The molecule has 2 aromatic carbocycles. The fourth-order valence-corrected chi connectivity index (χ4v) is 8.15. The van der Waals surface area contributed by atoms with Crippen molar-refractivity contribution < 1.29 is 23.1 Å². The maximum Gasteiger partial charge on any atom is 0.264 e. The molecular weight excluding hydrogens is 572 g/mol. The second-order valence-electron chi connectivity index (χ2n) is 12.4. The molecule has 1 aliphatic heterocycles. The number of fused-ring (bicyclic) bond motifs is 3. The van der Waals surface area contributed by atoms with Crippen molar-refractivity contribution >= 4 is 33.2 Å². The maximum absolute atomic E-state index is 13.1. The summed E-state index contributed by atoms with van der Waals surface area (Å²) in [6, 6.07) is 11.3. The standard InChI is InChI=1S/C33H41ClN2O5S/c1-4-6-17-42(39,40)35-31(38)24-10-13-29-28(19-24)36(20-25-14-16-32(25,3)30(37)8-5-2)21-33(22-41-29)15-7-9-23-18-26(34)11-12-27(23)33/h4-5,10-13,18-19,25,30,37H,1-2,6-9,14-17,20-22H2,3H3,(H,35,38)/t25-,30-,32+,33-/m0/s1. The molecule has 4 atom stereocenters. The lowest BCUT2D eigenvalue weighted by atomic mass is 9.57. The first-order valence-electron chi connectivity index (χ1n) is 14.8. The predicted molar refractivity (Wildman–Crippen MR) is 168 cm³/mol. The van der Waals surface area contributed by atoms with E-state index < -0.39 is 22.0 Å². The van der Waals surface area contributed by atoms with E-state index in [1.807, 2.05) is 6.07 Å². The molecule has 226 valence electrons. The monoisotopic (exact) mass is 612 g/mol. The number of nitrogens with one attached hydrogen (secondary N) is 1. The number of carbonyl (C=O) groups is 1. The first kappa shape index (κ1) is 30.6. The van der Waals surface area contributed by atoms with Crippen LogP contribution in [0, 0.1) is 11.3 Å². The molecule has 0 unspecified atom stereocenters. The number of sulfonamides is 1. The first-order valence-corrected chi connectivity index (χ1v) is 16.8. The molecule has 9 heteroatoms. The summed E-state index contributed by atoms with van der Waals surface area (Å²) in [6.07, 6.45) is 8.42. The van der Waals surface area contributed by atoms with Crippen LogP contribution >= 0.6 is 11.6 Å². The van der Waals surface area contributed by atoms with E-state index in [2.05, 4.69) is 41.8 Å². The van der Waals surface area contributed by atoms with E-state index in [0.29, 0.717) is 31.9 Å². The molecule has 1 heterocycles. The number of hydrogen-bond donors (Lipinski definition) is 2. The SMILES string of the molecule is C=CCCS(=O)(=O)NC(=O)c1ccc2c(c1)N(C[C@@H]1CC[C@@]1(C)[C@@H](O)CC=C)C[C@@]1(CCCc3cc(Cl)ccc31)CO2. The summed E-state index contributed by atoms with van der Waals surface area (Å²) in [5.74, 6) is 0.00211. The van der Waals surface area contributed by atoms with E-state index >= 15 is 0 Å². The van der Waals surface area contributed by atoms with Crippen molar-refractivity contribution in [3.8, 4) is 5.75 Å². The van der Waals surface area contributed by atoms with Gasteiger partial charge in [-0.3, -0.25) is 4.79 Å². The zero-order chi connectivity index (χ0) is 30.1. The van der Waals surface area contributed by atoms with Crippen molar-refractivity contribution in [3.63, 3.8) is 0 Å². The Kier molecular flexibility index (Phi) is 8.80. The number of halogens is 1. The molecule has 1 saturated carbocycles. The van der Waals surface area contributed by atoms with E-state index in [1.54, 1.807) is 24.3 Å². The van der Waals surface area contributed by atoms with Gasteiger partial charge in [-0.1, -0.05) is 36.7 Å². The summed E-state index contributed by atoms with van der Waals surface area (Å²) in [4.78, 5) is 15.4. The highest BCUT2D eigenvalue weighted by molar-refractivity contribution is 7.90. The molecule has 0 saturated heterocycles. The minimum atomic E-state index is -3.80. The Morgan fingerprint density at radius 3 is 2.76 bits per heavy atom. The number of aryl methyl sites for hydroxylation is 1. The topological polar surface area (TPSA) is 95.9 Å². The van der Waals surface area contributed by atoms with Gasteiger partial charge in [0.1, 0.15) is 5.75 Å². The fraction of sp³-hybridized carbons (Fsp3) is 0.485. The number of hydrogen-bond acceptors (Lipinski definition) is 6. The van der Waals surface area contributed by atoms with Crippen LogP contribution in [0.25, 0.3) is 0 Å². The van der Waals surface area contributed by atoms with Crippen molar-refractivity contribution in [3.05, 3.63) is 83.4 Å². The summed E-state index contributed by atoms with van der Waals surface area (Å²) in [5.41, 5.74) is 2.96. The van der Waals surface area contributed by atoms with Gasteiger partial charge in [0.15, 0.2) is 0 Å². The third kappa shape index (κ3) is 5.99. The van der Waals surface area contributed by atoms with Gasteiger partial charge in [0.2, 0.25) is 10.0 Å². The van der Waals surface area contributed by atoms with Gasteiger partial charge in [0.05, 0.1) is 24.2 Å². The molecule has 1 fully saturated rings. The number of aliphatic hydroxyl groups is 1. The lowest BCUT2D eigenvalue weighted by Gasteiger charge is -2.52. The third-order valence-corrected chi connectivity index (χ3v) is 11.2. The van der Waals surface area contributed by atoms with Gasteiger partial charge < -0.3 is 14.7 Å². The summed E-state index contributed by atoms with van der Waals surface area (Å²) >= 11 is 6.38. The molecule has 5 rings (SSSR count). The highest BCUT2D eigenvalue weighted by Crippen LogP contribution is 2.52. The molecule has 3 aliphatic rings. The normalized spacial score (nSPS) is 25.7. The highest BCUT2D eigenvalue weighted by atomic mass is 35.5. The van der Waals surface area contributed by atoms with Gasteiger partial charge in [-0.25, -0.2) is 13.1 Å². The molecule has 1 spiro atoms. The summed E-state index contributed by atoms with van der Waals surface area (Å²) in [7, 11) is -3.80. The number of carbonyl (C=O) groups excluding carboxylic acids is 1. The summed E-state index contributed by atoms with van der Waals surface area (Å²) < 4.78 is 33.6. The average Bonchev–Trinajstić information content (AvgIpc) is 3.10. The quantitative estimate of drug-likeness (QED) is 0.329. The number of nitrogens with zero attached hydrogens (tertiary/aromatic N) is 1. The van der Waals surface area contributed by atoms with E-state index in [9.17, 15) is 18.3 Å². The largest absolute Gasteiger partial charge is 0.490 e. The Morgan fingerprint density at radius 2 is 2.05 bits per heavy atom. The van der Waals surface area contributed by atoms with Gasteiger partial charge in [0, 0.05) is 29.1 Å². The number of amides is 1. The van der Waals surface area contributed by atoms with Crippen LogP contribution in [-0.4, -0.2) is 51.0 Å². The van der Waals surface area contributed by atoms with Crippen LogP contribution in [0.1, 0.15) is 66.9 Å². The number of anilines is 1. The van der Waals surface area contributed by atoms with Crippen molar-refractivity contribution in [2.24, 2.45) is 11.3 Å². The van der Waals surface area contributed by atoms with Gasteiger partial charge in [-0.15, -0.1) is 13.2 Å². The van der Waals surface area contributed by atoms with E-state index in [0.717, 1.165) is 42.8 Å². The highest BCUT2D eigenvalue weighted by Gasteiger charge is 2.49. The van der Waals surface area contributed by atoms with Crippen LogP contribution in [0.5, 0.6) is 5.75 Å². The Labute approximate surface area is 254 Å². The number of rotatable bonds is 10. The second-order valence-corrected chi connectivity index (χ2v) is 14.7. The Hall–Kier alpha value is -2.81. The fourth-order valence-electron chi connectivity index (χ4n) is 6.98. The Balaban J connectivity index is 1.52. The maximum atomic E-state index is 13.1. The van der Waals surface area contributed by atoms with E-state index in [1.165, 1.54) is 17.2 Å². The van der Waals surface area contributed by atoms with E-state index in [4.69, 9.17) is 16.3 Å². The van der Waals surface area contributed by atoms with Crippen LogP contribution in [0.15, 0.2) is 61.7 Å². The summed E-state index contributed by atoms with van der Waals surface area (Å²) in [6.45, 7) is 11.4. The number of ether oxygens (including phenoxy) is 1. The number of aliphatic hydroxyl groups excluding tert-OH is 1. The molecular formula is C33H41ClN2O5S. The molecule has 2 aliphatic carbocycles. The molecule has 7 nitrogen and oxygen atoms in total. The van der Waals surface area contributed by atoms with Crippen LogP contribution in [0.2, 0.25) is 5.02 Å². The number of allylic oxidation sites excluding steroid dienone is 1. The average molecular weight is 613 g/mol. The van der Waals surface area contributed by atoms with Gasteiger partial charge in [0.25, 0.3) is 5.91 Å². The van der Waals surface area contributed by atoms with Crippen molar-refractivity contribution in [1.29, 1.82) is 0 Å². The van der Waals surface area contributed by atoms with Crippen molar-refractivity contribution in [1.82, 2.24) is 4.72 Å². The predicted octanol–water partition coefficient (Wildman–Crippen LogP) is 5.80. The zero-order valence-corrected chi connectivity index (χ0v) is 25.9. The smallest absolute Gasteiger partial charge is 0.264 e. The third-order valence-electron chi connectivity index (χ3n) is 9.69. The van der Waals surface area contributed by atoms with Crippen LogP contribution in [-0.2, 0) is 21.9 Å². The Bertz CT molecular complexity index is 1480. The molecule has 2 N–H and O–H groups in total. The Morgan fingerprint density at radius 1 is 1.24 bits per heavy atom. The minimum Gasteiger partial charge on any atom is -0.490 e. The molecule has 1 amide bonds. The number of benzene rings is 2. The first-order chi connectivity index (χ1) is 20.0.